The average Bonchev–Trinajstić information content (AvgIpc) is 2.66. The van der Waals surface area contributed by atoms with Gasteiger partial charge in [-0.15, -0.1) is 0 Å². The van der Waals surface area contributed by atoms with E-state index in [4.69, 9.17) is 14.2 Å². The zero-order valence-electron chi connectivity index (χ0n) is 14.8. The van der Waals surface area contributed by atoms with Gasteiger partial charge in [-0.1, -0.05) is 0 Å². The highest BCUT2D eigenvalue weighted by Crippen LogP contribution is 2.23. The quantitative estimate of drug-likeness (QED) is 0.682. The lowest BCUT2D eigenvalue weighted by Crippen LogP contribution is -2.12. The second-order valence-corrected chi connectivity index (χ2v) is 5.41. The number of hydrogen-bond acceptors (Lipinski definition) is 5. The van der Waals surface area contributed by atoms with E-state index in [1.807, 2.05) is 24.3 Å². The third kappa shape index (κ3) is 5.69. The molecule has 0 fully saturated rings. The smallest absolute Gasteiger partial charge is 0.255 e. The lowest BCUT2D eigenvalue weighted by Gasteiger charge is -2.10. The fraction of sp³-hybridized carbons (Fsp3) is 0.316. The van der Waals surface area contributed by atoms with Crippen molar-refractivity contribution in [2.45, 2.75) is 6.42 Å². The molecule has 0 saturated heterocycles. The summed E-state index contributed by atoms with van der Waals surface area (Å²) in [4.78, 5) is 12.4. The Kier molecular flexibility index (Phi) is 7.10. The normalized spacial score (nSPS) is 10.2. The van der Waals surface area contributed by atoms with Gasteiger partial charge in [-0.05, 0) is 42.8 Å². The van der Waals surface area contributed by atoms with Gasteiger partial charge in [0, 0.05) is 43.3 Å². The predicted molar refractivity (Wildman–Crippen MR) is 98.9 cm³/mol. The summed E-state index contributed by atoms with van der Waals surface area (Å²) in [5, 5.41) is 6.16. The maximum Gasteiger partial charge on any atom is 0.255 e. The lowest BCUT2D eigenvalue weighted by atomic mass is 10.1. The largest absolute Gasteiger partial charge is 0.497 e. The fourth-order valence-corrected chi connectivity index (χ4v) is 2.26. The van der Waals surface area contributed by atoms with Crippen LogP contribution >= 0.6 is 0 Å². The van der Waals surface area contributed by atoms with Crippen molar-refractivity contribution in [3.05, 3.63) is 48.0 Å². The van der Waals surface area contributed by atoms with E-state index in [1.54, 1.807) is 39.5 Å². The first-order valence-corrected chi connectivity index (χ1v) is 8.03. The molecule has 0 unspecified atom stereocenters. The molecule has 2 rings (SSSR count). The van der Waals surface area contributed by atoms with Crippen LogP contribution in [0.4, 0.5) is 11.4 Å². The first-order valence-electron chi connectivity index (χ1n) is 8.03. The molecular weight excluding hydrogens is 320 g/mol. The van der Waals surface area contributed by atoms with Crippen LogP contribution in [-0.4, -0.2) is 40.4 Å². The second-order valence-electron chi connectivity index (χ2n) is 5.41. The number of nitrogens with one attached hydrogen (secondary N) is 2. The van der Waals surface area contributed by atoms with E-state index in [1.165, 1.54) is 0 Å². The molecule has 0 aliphatic heterocycles. The number of carbonyl (C=O) groups excluding carboxylic acids is 1. The highest BCUT2D eigenvalue weighted by Gasteiger charge is 2.10. The van der Waals surface area contributed by atoms with Crippen molar-refractivity contribution in [2.24, 2.45) is 0 Å². The van der Waals surface area contributed by atoms with Crippen LogP contribution in [0.1, 0.15) is 16.8 Å². The number of benzene rings is 2. The Morgan fingerprint density at radius 3 is 2.08 bits per heavy atom. The SMILES string of the molecule is COCCCNc1ccc(NC(=O)c2cc(OC)cc(OC)c2)cc1. The van der Waals surface area contributed by atoms with Gasteiger partial charge in [0.25, 0.3) is 5.91 Å². The van der Waals surface area contributed by atoms with Crippen molar-refractivity contribution in [2.75, 3.05) is 45.1 Å². The van der Waals surface area contributed by atoms with Gasteiger partial charge >= 0.3 is 0 Å². The molecule has 2 aromatic rings. The van der Waals surface area contributed by atoms with Gasteiger partial charge in [0.05, 0.1) is 14.2 Å². The van der Waals surface area contributed by atoms with Crippen LogP contribution in [0.15, 0.2) is 42.5 Å². The van der Waals surface area contributed by atoms with E-state index in [-0.39, 0.29) is 5.91 Å². The highest BCUT2D eigenvalue weighted by atomic mass is 16.5. The van der Waals surface area contributed by atoms with Gasteiger partial charge in [-0.3, -0.25) is 4.79 Å². The third-order valence-corrected chi connectivity index (χ3v) is 3.61. The molecule has 6 nitrogen and oxygen atoms in total. The van der Waals surface area contributed by atoms with Crippen LogP contribution in [0, 0.1) is 0 Å². The molecule has 6 heteroatoms. The molecule has 0 saturated carbocycles. The second kappa shape index (κ2) is 9.54. The molecule has 0 atom stereocenters. The maximum atomic E-state index is 12.4. The van der Waals surface area contributed by atoms with Gasteiger partial charge in [-0.25, -0.2) is 0 Å². The summed E-state index contributed by atoms with van der Waals surface area (Å²) in [7, 11) is 4.79. The van der Waals surface area contributed by atoms with Crippen LogP contribution in [-0.2, 0) is 4.74 Å². The van der Waals surface area contributed by atoms with Crippen molar-refractivity contribution < 1.29 is 19.0 Å². The Morgan fingerprint density at radius 2 is 1.52 bits per heavy atom. The number of carbonyl (C=O) groups is 1. The first-order chi connectivity index (χ1) is 12.2. The predicted octanol–water partition coefficient (Wildman–Crippen LogP) is 3.40. The molecule has 0 aliphatic rings. The number of amides is 1. The van der Waals surface area contributed by atoms with Crippen molar-refractivity contribution in [3.8, 4) is 11.5 Å². The van der Waals surface area contributed by atoms with Gasteiger partial charge in [0.2, 0.25) is 0 Å². The van der Waals surface area contributed by atoms with E-state index in [0.29, 0.717) is 22.7 Å². The number of anilines is 2. The molecule has 0 spiro atoms. The first kappa shape index (κ1) is 18.6. The molecule has 0 heterocycles. The molecule has 2 aromatic carbocycles. The van der Waals surface area contributed by atoms with Crippen LogP contribution in [0.2, 0.25) is 0 Å². The minimum absolute atomic E-state index is 0.224. The number of rotatable bonds is 9. The number of methoxy groups -OCH3 is 3. The Labute approximate surface area is 148 Å². The Morgan fingerprint density at radius 1 is 0.920 bits per heavy atom. The Balaban J connectivity index is 1.98. The van der Waals surface area contributed by atoms with E-state index < -0.39 is 0 Å². The monoisotopic (exact) mass is 344 g/mol. The minimum Gasteiger partial charge on any atom is -0.497 e. The summed E-state index contributed by atoms with van der Waals surface area (Å²) in [6.45, 7) is 1.56. The summed E-state index contributed by atoms with van der Waals surface area (Å²) in [5.74, 6) is 0.915. The van der Waals surface area contributed by atoms with Gasteiger partial charge < -0.3 is 24.8 Å². The molecule has 25 heavy (non-hydrogen) atoms. The summed E-state index contributed by atoms with van der Waals surface area (Å²) >= 11 is 0. The van der Waals surface area contributed by atoms with Crippen LogP contribution < -0.4 is 20.1 Å². The van der Waals surface area contributed by atoms with Crippen LogP contribution in [0.5, 0.6) is 11.5 Å². The van der Waals surface area contributed by atoms with E-state index >= 15 is 0 Å². The molecule has 0 aliphatic carbocycles. The van der Waals surface area contributed by atoms with Crippen LogP contribution in [0.3, 0.4) is 0 Å². The van der Waals surface area contributed by atoms with Crippen LogP contribution in [0.25, 0.3) is 0 Å². The molecule has 1 amide bonds. The summed E-state index contributed by atoms with van der Waals surface area (Å²) in [6.07, 6.45) is 0.937. The molecule has 0 aromatic heterocycles. The molecule has 0 radical (unpaired) electrons. The van der Waals surface area contributed by atoms with E-state index in [2.05, 4.69) is 10.6 Å². The summed E-state index contributed by atoms with van der Waals surface area (Å²) in [6, 6.07) is 12.6. The zero-order valence-corrected chi connectivity index (χ0v) is 14.8. The zero-order chi connectivity index (χ0) is 18.1. The Bertz CT molecular complexity index is 664. The van der Waals surface area contributed by atoms with Gasteiger partial charge in [0.15, 0.2) is 0 Å². The summed E-state index contributed by atoms with van der Waals surface area (Å²) < 4.78 is 15.4. The number of hydrogen-bond donors (Lipinski definition) is 2. The van der Waals surface area contributed by atoms with Crippen molar-refractivity contribution in [3.63, 3.8) is 0 Å². The summed E-state index contributed by atoms with van der Waals surface area (Å²) in [5.41, 5.74) is 2.18. The maximum absolute atomic E-state index is 12.4. The lowest BCUT2D eigenvalue weighted by molar-refractivity contribution is 0.102. The molecule has 134 valence electrons. The van der Waals surface area contributed by atoms with Crippen molar-refractivity contribution in [1.82, 2.24) is 0 Å². The van der Waals surface area contributed by atoms with Gasteiger partial charge in [-0.2, -0.15) is 0 Å². The van der Waals surface area contributed by atoms with Crippen molar-refractivity contribution >= 4 is 17.3 Å². The fourth-order valence-electron chi connectivity index (χ4n) is 2.26. The third-order valence-electron chi connectivity index (χ3n) is 3.61. The standard InChI is InChI=1S/C19H24N2O4/c1-23-10-4-9-20-15-5-7-16(8-6-15)21-19(22)14-11-17(24-2)13-18(12-14)25-3/h5-8,11-13,20H,4,9-10H2,1-3H3,(H,21,22). The minimum atomic E-state index is -0.224. The Hall–Kier alpha value is -2.73. The number of ether oxygens (including phenoxy) is 3. The van der Waals surface area contributed by atoms with E-state index in [9.17, 15) is 4.79 Å². The molecule has 2 N–H and O–H groups in total. The average molecular weight is 344 g/mol. The van der Waals surface area contributed by atoms with E-state index in [0.717, 1.165) is 25.3 Å². The molecule has 0 bridgehead atoms. The highest BCUT2D eigenvalue weighted by molar-refractivity contribution is 6.04. The van der Waals surface area contributed by atoms with Crippen molar-refractivity contribution in [1.29, 1.82) is 0 Å². The van der Waals surface area contributed by atoms with Gasteiger partial charge in [0.1, 0.15) is 11.5 Å². The topological polar surface area (TPSA) is 68.8 Å². The molecular formula is C19H24N2O4.